The Hall–Kier alpha value is -2.12. The van der Waals surface area contributed by atoms with Crippen molar-refractivity contribution in [3.8, 4) is 0 Å². The van der Waals surface area contributed by atoms with Crippen LogP contribution in [0.5, 0.6) is 0 Å². The summed E-state index contributed by atoms with van der Waals surface area (Å²) < 4.78 is 8.41. The minimum absolute atomic E-state index is 0.300. The van der Waals surface area contributed by atoms with E-state index in [1.807, 2.05) is 0 Å². The molecule has 0 unspecified atom stereocenters. The van der Waals surface area contributed by atoms with Gasteiger partial charge >= 0.3 is 23.9 Å². The average molecular weight is 324 g/mol. The summed E-state index contributed by atoms with van der Waals surface area (Å²) in [6.07, 6.45) is 0. The Morgan fingerprint density at radius 1 is 0.955 bits per heavy atom. The maximum Gasteiger partial charge on any atom is 0.327 e. The quantitative estimate of drug-likeness (QED) is 0.191. The van der Waals surface area contributed by atoms with Gasteiger partial charge in [0.15, 0.2) is 0 Å². The molecule has 0 saturated heterocycles. The van der Waals surface area contributed by atoms with E-state index >= 15 is 0 Å². The first-order valence-corrected chi connectivity index (χ1v) is 5.84. The summed E-state index contributed by atoms with van der Waals surface area (Å²) in [7, 11) is 0. The predicted octanol–water partition coefficient (Wildman–Crippen LogP) is -4.77. The van der Waals surface area contributed by atoms with Crippen molar-refractivity contribution in [2.75, 3.05) is 26.3 Å². The lowest BCUT2D eigenvalue weighted by Crippen LogP contribution is -2.40. The summed E-state index contributed by atoms with van der Waals surface area (Å²) >= 11 is 0. The zero-order valence-electron chi connectivity index (χ0n) is 11.6. The van der Waals surface area contributed by atoms with Gasteiger partial charge < -0.3 is 42.6 Å². The first-order chi connectivity index (χ1) is 10.2. The molecule has 0 aromatic heterocycles. The van der Waals surface area contributed by atoms with Crippen LogP contribution in [0.15, 0.2) is 0 Å². The highest BCUT2D eigenvalue weighted by molar-refractivity contribution is 5.87. The van der Waals surface area contributed by atoms with Gasteiger partial charge in [0.1, 0.15) is 18.7 Å². The van der Waals surface area contributed by atoms with E-state index in [1.165, 1.54) is 0 Å². The van der Waals surface area contributed by atoms with Crippen LogP contribution in [0.25, 0.3) is 0 Å². The number of aliphatic hydroxyl groups is 1. The maximum absolute atomic E-state index is 10.7. The van der Waals surface area contributed by atoms with Crippen LogP contribution in [0.1, 0.15) is 0 Å². The van der Waals surface area contributed by atoms with Crippen molar-refractivity contribution in [2.24, 2.45) is 22.9 Å². The molecule has 0 fully saturated rings. The lowest BCUT2D eigenvalue weighted by molar-refractivity contribution is -0.157. The fraction of sp³-hybridized carbons (Fsp3) is 0.600. The van der Waals surface area contributed by atoms with Crippen molar-refractivity contribution < 1.29 is 38.9 Å². The zero-order chi connectivity index (χ0) is 17.7. The highest BCUT2D eigenvalue weighted by Gasteiger charge is 2.18. The number of hydrogen-bond acceptors (Lipinski definition) is 11. The molecule has 0 bridgehead atoms. The molecule has 0 aliphatic heterocycles. The lowest BCUT2D eigenvalue weighted by atomic mass is 10.3. The van der Waals surface area contributed by atoms with E-state index in [0.29, 0.717) is 0 Å². The molecule has 22 heavy (non-hydrogen) atoms. The standard InChI is InChI=1S/C6H12N2O5.C4H8N2O3/c7-3(1-9)6(12)13-2-4(8)5(10)11;5-1-3(7)9-4(8)2-6/h3-4,9H,1-2,7-8H2,(H,10,11);1-2,5-6H2/t3-,4-;/m0./s1. The Balaban J connectivity index is 0. The fourth-order valence-electron chi connectivity index (χ4n) is 0.635. The number of hydrogen-bond donors (Lipinski definition) is 6. The van der Waals surface area contributed by atoms with Crippen molar-refractivity contribution in [3.63, 3.8) is 0 Å². The molecule has 0 saturated carbocycles. The van der Waals surface area contributed by atoms with Crippen LogP contribution in [0.3, 0.4) is 0 Å². The number of carboxylic acid groups (broad SMARTS) is 1. The minimum atomic E-state index is -1.27. The topological polar surface area (TPSA) is 231 Å². The minimum Gasteiger partial charge on any atom is -0.480 e. The van der Waals surface area contributed by atoms with Gasteiger partial charge in [0.25, 0.3) is 0 Å². The van der Waals surface area contributed by atoms with Gasteiger partial charge in [-0.2, -0.15) is 0 Å². The largest absolute Gasteiger partial charge is 0.480 e. The lowest BCUT2D eigenvalue weighted by Gasteiger charge is -2.10. The third-order valence-electron chi connectivity index (χ3n) is 1.78. The highest BCUT2D eigenvalue weighted by atomic mass is 16.6. The third-order valence-corrected chi connectivity index (χ3v) is 1.78. The summed E-state index contributed by atoms with van der Waals surface area (Å²) in [4.78, 5) is 41.2. The Bertz CT molecular complexity index is 375. The number of esters is 3. The first-order valence-electron chi connectivity index (χ1n) is 5.84. The Labute approximate surface area is 125 Å². The van der Waals surface area contributed by atoms with Crippen molar-refractivity contribution in [1.82, 2.24) is 0 Å². The molecule has 0 aromatic rings. The van der Waals surface area contributed by atoms with Gasteiger partial charge in [0, 0.05) is 0 Å². The van der Waals surface area contributed by atoms with E-state index < -0.39 is 49.2 Å². The number of aliphatic carboxylic acids is 1. The summed E-state index contributed by atoms with van der Waals surface area (Å²) in [5.74, 6) is -3.67. The normalized spacial score (nSPS) is 12.2. The number of rotatable bonds is 7. The van der Waals surface area contributed by atoms with E-state index in [-0.39, 0.29) is 13.1 Å². The number of nitrogens with two attached hydrogens (primary N) is 4. The number of ether oxygens (including phenoxy) is 2. The summed E-state index contributed by atoms with van der Waals surface area (Å²) in [5, 5.41) is 16.7. The van der Waals surface area contributed by atoms with E-state index in [1.54, 1.807) is 0 Å². The molecule has 2 atom stereocenters. The van der Waals surface area contributed by atoms with Gasteiger partial charge in [-0.05, 0) is 0 Å². The molecule has 0 radical (unpaired) electrons. The molecule has 0 rings (SSSR count). The third kappa shape index (κ3) is 11.7. The molecule has 0 aliphatic rings. The smallest absolute Gasteiger partial charge is 0.327 e. The SMILES string of the molecule is NCC(=O)OC(=O)CN.N[C@@H](COC(=O)[C@@H](N)CO)C(=O)O. The molecule has 0 aliphatic carbocycles. The highest BCUT2D eigenvalue weighted by Crippen LogP contribution is 1.87. The molecule has 12 heteroatoms. The molecule has 10 N–H and O–H groups in total. The van der Waals surface area contributed by atoms with Gasteiger partial charge in [-0.3, -0.25) is 19.2 Å². The second kappa shape index (κ2) is 12.6. The van der Waals surface area contributed by atoms with E-state index in [9.17, 15) is 19.2 Å². The predicted molar refractivity (Wildman–Crippen MR) is 70.8 cm³/mol. The van der Waals surface area contributed by atoms with Crippen molar-refractivity contribution in [3.05, 3.63) is 0 Å². The summed E-state index contributed by atoms with van der Waals surface area (Å²) in [6, 6.07) is -2.42. The zero-order valence-corrected chi connectivity index (χ0v) is 11.6. The van der Waals surface area contributed by atoms with Gasteiger partial charge in [0.2, 0.25) is 0 Å². The Morgan fingerprint density at radius 3 is 1.73 bits per heavy atom. The summed E-state index contributed by atoms with van der Waals surface area (Å²) in [5.41, 5.74) is 19.7. The van der Waals surface area contributed by atoms with Crippen molar-refractivity contribution in [2.45, 2.75) is 12.1 Å². The van der Waals surface area contributed by atoms with Crippen LogP contribution in [-0.4, -0.2) is 72.5 Å². The van der Waals surface area contributed by atoms with E-state index in [0.717, 1.165) is 0 Å². The molecule has 12 nitrogen and oxygen atoms in total. The fourth-order valence-corrected chi connectivity index (χ4v) is 0.635. The monoisotopic (exact) mass is 324 g/mol. The van der Waals surface area contributed by atoms with Crippen LogP contribution < -0.4 is 22.9 Å². The van der Waals surface area contributed by atoms with Crippen LogP contribution in [0, 0.1) is 0 Å². The number of aliphatic hydroxyl groups excluding tert-OH is 1. The van der Waals surface area contributed by atoms with Crippen molar-refractivity contribution in [1.29, 1.82) is 0 Å². The molecular weight excluding hydrogens is 304 g/mol. The first kappa shape index (κ1) is 22.2. The molecule has 128 valence electrons. The van der Waals surface area contributed by atoms with Crippen LogP contribution in [0.2, 0.25) is 0 Å². The molecule has 0 heterocycles. The average Bonchev–Trinajstić information content (AvgIpc) is 2.51. The van der Waals surface area contributed by atoms with Gasteiger partial charge in [-0.25, -0.2) is 0 Å². The second-order valence-electron chi connectivity index (χ2n) is 3.62. The van der Waals surface area contributed by atoms with Crippen LogP contribution in [-0.2, 0) is 28.7 Å². The van der Waals surface area contributed by atoms with Crippen LogP contribution in [0.4, 0.5) is 0 Å². The maximum atomic E-state index is 10.7. The van der Waals surface area contributed by atoms with Gasteiger partial charge in [-0.15, -0.1) is 0 Å². The van der Waals surface area contributed by atoms with Crippen molar-refractivity contribution >= 4 is 23.9 Å². The van der Waals surface area contributed by atoms with Crippen LogP contribution >= 0.6 is 0 Å². The Morgan fingerprint density at radius 2 is 1.41 bits per heavy atom. The number of carboxylic acids is 1. The van der Waals surface area contributed by atoms with Gasteiger partial charge in [0.05, 0.1) is 19.7 Å². The molecule has 0 amide bonds. The second-order valence-corrected chi connectivity index (χ2v) is 3.62. The number of carbonyl (C=O) groups is 4. The number of carbonyl (C=O) groups excluding carboxylic acids is 3. The molecule has 0 aromatic carbocycles. The van der Waals surface area contributed by atoms with E-state index in [4.69, 9.17) is 33.1 Å². The molecular formula is C10H20N4O8. The Kier molecular flexibility index (Phi) is 12.7. The van der Waals surface area contributed by atoms with E-state index in [2.05, 4.69) is 9.47 Å². The summed E-state index contributed by atoms with van der Waals surface area (Å²) in [6.45, 7) is -1.61. The molecule has 0 spiro atoms. The van der Waals surface area contributed by atoms with Gasteiger partial charge in [-0.1, -0.05) is 0 Å².